The molecule has 1 atom stereocenters. The monoisotopic (exact) mass is 476 g/mol. The van der Waals surface area contributed by atoms with Gasteiger partial charge in [-0.15, -0.1) is 0 Å². The van der Waals surface area contributed by atoms with Crippen molar-refractivity contribution in [2.24, 2.45) is 7.05 Å². The van der Waals surface area contributed by atoms with Gasteiger partial charge in [0.15, 0.2) is 15.6 Å². The molecule has 170 valence electrons. The van der Waals surface area contributed by atoms with Crippen molar-refractivity contribution in [2.75, 3.05) is 12.4 Å². The van der Waals surface area contributed by atoms with Gasteiger partial charge in [0.2, 0.25) is 0 Å². The van der Waals surface area contributed by atoms with E-state index < -0.39 is 21.6 Å². The zero-order valence-electron chi connectivity index (χ0n) is 18.3. The van der Waals surface area contributed by atoms with Crippen molar-refractivity contribution in [1.29, 1.82) is 0 Å². The van der Waals surface area contributed by atoms with Gasteiger partial charge in [-0.1, -0.05) is 23.7 Å². The molecular weight excluding hydrogens is 452 g/mol. The third kappa shape index (κ3) is 4.97. The normalized spacial score (nSPS) is 12.5. The second-order valence-electron chi connectivity index (χ2n) is 7.60. The van der Waals surface area contributed by atoms with Crippen molar-refractivity contribution in [3.05, 3.63) is 64.3 Å². The van der Waals surface area contributed by atoms with E-state index in [0.717, 1.165) is 22.0 Å². The Kier molecular flexibility index (Phi) is 6.95. The maximum absolute atomic E-state index is 12.9. The number of nitrogens with one attached hydrogen (secondary N) is 1. The minimum atomic E-state index is -3.80. The summed E-state index contributed by atoms with van der Waals surface area (Å²) >= 11 is 6.33. The van der Waals surface area contributed by atoms with Crippen LogP contribution in [0.15, 0.2) is 47.4 Å². The average molecular weight is 477 g/mol. The fraction of sp³-hybridized carbons (Fsp3) is 0.304. The Morgan fingerprint density at radius 3 is 2.44 bits per heavy atom. The molecule has 3 rings (SSSR count). The minimum absolute atomic E-state index is 0.0199. The van der Waals surface area contributed by atoms with Gasteiger partial charge in [-0.25, -0.2) is 8.42 Å². The third-order valence-corrected chi connectivity index (χ3v) is 7.11. The lowest BCUT2D eigenvalue weighted by Crippen LogP contribution is -2.28. The highest BCUT2D eigenvalue weighted by Gasteiger charge is 2.21. The molecule has 0 saturated carbocycles. The number of carbonyl (C=O) groups is 2. The molecule has 0 saturated heterocycles. The Balaban J connectivity index is 1.76. The number of aromatic nitrogens is 1. The lowest BCUT2D eigenvalue weighted by atomic mass is 10.1. The number of nitrogens with zero attached hydrogens (tertiary/aromatic N) is 1. The molecule has 0 aliphatic carbocycles. The summed E-state index contributed by atoms with van der Waals surface area (Å²) in [4.78, 5) is 24.5. The molecule has 3 aromatic rings. The smallest absolute Gasteiger partial charge is 0.321 e. The number of benzene rings is 2. The number of carbonyl (C=O) groups excluding carboxylic acids is 2. The van der Waals surface area contributed by atoms with Crippen LogP contribution in [-0.2, 0) is 26.4 Å². The summed E-state index contributed by atoms with van der Waals surface area (Å²) in [5, 5.41) is 4.31. The molecule has 0 aliphatic rings. The largest absolute Gasteiger partial charge is 0.465 e. The van der Waals surface area contributed by atoms with Crippen molar-refractivity contribution in [3.63, 3.8) is 0 Å². The van der Waals surface area contributed by atoms with Crippen LogP contribution in [0.3, 0.4) is 0 Å². The number of amides is 1. The van der Waals surface area contributed by atoms with Crippen LogP contribution in [0.5, 0.6) is 0 Å². The highest BCUT2D eigenvalue weighted by atomic mass is 35.5. The fourth-order valence-corrected chi connectivity index (χ4v) is 4.93. The molecular formula is C23H25ClN2O5S. The van der Waals surface area contributed by atoms with Gasteiger partial charge in [0.1, 0.15) is 5.69 Å². The number of sulfone groups is 1. The van der Waals surface area contributed by atoms with Gasteiger partial charge in [-0.2, -0.15) is 0 Å². The van der Waals surface area contributed by atoms with Crippen molar-refractivity contribution in [1.82, 2.24) is 9.88 Å². The average Bonchev–Trinajstić information content (AvgIpc) is 3.05. The number of esters is 1. The molecule has 0 bridgehead atoms. The van der Waals surface area contributed by atoms with Crippen molar-refractivity contribution in [3.8, 4) is 0 Å². The second-order valence-corrected chi connectivity index (χ2v) is 9.99. The zero-order valence-corrected chi connectivity index (χ0v) is 19.9. The second kappa shape index (κ2) is 9.34. The van der Waals surface area contributed by atoms with Crippen LogP contribution in [0.4, 0.5) is 0 Å². The topological polar surface area (TPSA) is 94.5 Å². The van der Waals surface area contributed by atoms with Crippen molar-refractivity contribution < 1.29 is 22.7 Å². The number of rotatable bonds is 7. The highest BCUT2D eigenvalue weighted by Crippen LogP contribution is 2.28. The van der Waals surface area contributed by atoms with Crippen LogP contribution >= 0.6 is 11.6 Å². The highest BCUT2D eigenvalue weighted by molar-refractivity contribution is 7.92. The quantitative estimate of drug-likeness (QED) is 0.521. The molecule has 0 aliphatic heterocycles. The zero-order chi connectivity index (χ0) is 23.6. The van der Waals surface area contributed by atoms with E-state index in [2.05, 4.69) is 5.32 Å². The van der Waals surface area contributed by atoms with Crippen LogP contribution in [0.1, 0.15) is 41.5 Å². The van der Waals surface area contributed by atoms with E-state index in [-0.39, 0.29) is 23.5 Å². The Hall–Kier alpha value is -2.84. The first-order chi connectivity index (χ1) is 15.0. The molecule has 1 unspecified atom stereocenters. The number of aryl methyl sites for hydroxylation is 2. The molecule has 1 N–H and O–H groups in total. The Bertz CT molecular complexity index is 1280. The lowest BCUT2D eigenvalue weighted by Gasteiger charge is -2.15. The predicted octanol–water partition coefficient (Wildman–Crippen LogP) is 3.97. The molecule has 0 fully saturated rings. The predicted molar refractivity (Wildman–Crippen MR) is 124 cm³/mol. The molecule has 2 aromatic carbocycles. The van der Waals surface area contributed by atoms with E-state index in [4.69, 9.17) is 16.3 Å². The van der Waals surface area contributed by atoms with Gasteiger partial charge in [0.05, 0.1) is 28.1 Å². The summed E-state index contributed by atoms with van der Waals surface area (Å²) in [5.74, 6) is -1.78. The van der Waals surface area contributed by atoms with E-state index >= 15 is 0 Å². The standard InChI is InChI=1S/C23H25ClN2O5S/c1-5-31-22(27)13-32(29,30)17-8-6-16(7-9-17)15(3)25-23(28)21-12-18-19(24)10-14(2)11-20(18)26(21)4/h6-12,15H,5,13H2,1-4H3,(H,25,28). The van der Waals surface area contributed by atoms with E-state index in [1.54, 1.807) is 43.7 Å². The van der Waals surface area contributed by atoms with Gasteiger partial charge in [-0.05, 0) is 62.2 Å². The van der Waals surface area contributed by atoms with Crippen LogP contribution in [0.25, 0.3) is 10.9 Å². The van der Waals surface area contributed by atoms with E-state index in [1.807, 2.05) is 19.1 Å². The van der Waals surface area contributed by atoms with Gasteiger partial charge in [0.25, 0.3) is 5.91 Å². The first-order valence-corrected chi connectivity index (χ1v) is 12.1. The maximum Gasteiger partial charge on any atom is 0.321 e. The van der Waals surface area contributed by atoms with Crippen LogP contribution in [-0.4, -0.2) is 37.2 Å². The first kappa shape index (κ1) is 23.8. The number of fused-ring (bicyclic) bond motifs is 1. The summed E-state index contributed by atoms with van der Waals surface area (Å²) < 4.78 is 31.2. The number of ether oxygens (including phenoxy) is 1. The number of halogens is 1. The van der Waals surface area contributed by atoms with Gasteiger partial charge >= 0.3 is 5.97 Å². The number of hydrogen-bond donors (Lipinski definition) is 1. The van der Waals surface area contributed by atoms with Gasteiger partial charge in [-0.3, -0.25) is 9.59 Å². The molecule has 7 nitrogen and oxygen atoms in total. The van der Waals surface area contributed by atoms with Crippen molar-refractivity contribution >= 4 is 44.2 Å². The molecule has 1 heterocycles. The molecule has 0 radical (unpaired) electrons. The summed E-state index contributed by atoms with van der Waals surface area (Å²) in [6, 6.07) is 11.3. The summed E-state index contributed by atoms with van der Waals surface area (Å²) in [5.41, 5.74) is 3.06. The molecule has 32 heavy (non-hydrogen) atoms. The van der Waals surface area contributed by atoms with E-state index in [9.17, 15) is 18.0 Å². The molecule has 0 spiro atoms. The third-order valence-electron chi connectivity index (χ3n) is 5.19. The Morgan fingerprint density at radius 2 is 1.81 bits per heavy atom. The maximum atomic E-state index is 12.9. The SMILES string of the molecule is CCOC(=O)CS(=O)(=O)c1ccc(C(C)NC(=O)c2cc3c(Cl)cc(C)cc3n2C)cc1. The Labute approximate surface area is 192 Å². The summed E-state index contributed by atoms with van der Waals surface area (Å²) in [6.45, 7) is 5.48. The fourth-order valence-electron chi connectivity index (χ4n) is 3.50. The van der Waals surface area contributed by atoms with E-state index in [1.165, 1.54) is 12.1 Å². The summed E-state index contributed by atoms with van der Waals surface area (Å²) in [7, 11) is -1.99. The molecule has 9 heteroatoms. The van der Waals surface area contributed by atoms with Crippen LogP contribution in [0.2, 0.25) is 5.02 Å². The molecule has 1 amide bonds. The van der Waals surface area contributed by atoms with Crippen LogP contribution in [0, 0.1) is 6.92 Å². The van der Waals surface area contributed by atoms with Gasteiger partial charge < -0.3 is 14.6 Å². The van der Waals surface area contributed by atoms with E-state index in [0.29, 0.717) is 10.7 Å². The van der Waals surface area contributed by atoms with Crippen LogP contribution < -0.4 is 5.32 Å². The van der Waals surface area contributed by atoms with Gasteiger partial charge in [0, 0.05) is 12.4 Å². The lowest BCUT2D eigenvalue weighted by molar-refractivity contribution is -0.139. The first-order valence-electron chi connectivity index (χ1n) is 10.1. The van der Waals surface area contributed by atoms with Crippen molar-refractivity contribution in [2.45, 2.75) is 31.7 Å². The number of hydrogen-bond acceptors (Lipinski definition) is 5. The molecule has 1 aromatic heterocycles. The summed E-state index contributed by atoms with van der Waals surface area (Å²) in [6.07, 6.45) is 0. The minimum Gasteiger partial charge on any atom is -0.465 e. The Morgan fingerprint density at radius 1 is 1.16 bits per heavy atom.